The van der Waals surface area contributed by atoms with Crippen LogP contribution in [0.1, 0.15) is 11.1 Å². The van der Waals surface area contributed by atoms with Gasteiger partial charge in [0.25, 0.3) is 0 Å². The quantitative estimate of drug-likeness (QED) is 0.820. The number of hydrogen-bond donors (Lipinski definition) is 2. The van der Waals surface area contributed by atoms with Gasteiger partial charge in [0, 0.05) is 24.6 Å². The molecule has 4 nitrogen and oxygen atoms in total. The number of aromatic nitrogens is 2. The van der Waals surface area contributed by atoms with Gasteiger partial charge in [0.05, 0.1) is 0 Å². The first-order valence-corrected chi connectivity index (χ1v) is 5.12. The molecular formula is C12H14N4. The Labute approximate surface area is 94.5 Å². The number of benzene rings is 1. The smallest absolute Gasteiger partial charge is 0.227 e. The Kier molecular flexibility index (Phi) is 3.12. The third-order valence-corrected chi connectivity index (χ3v) is 2.20. The highest BCUT2D eigenvalue weighted by Gasteiger charge is 1.97. The lowest BCUT2D eigenvalue weighted by Crippen LogP contribution is -1.99. The molecule has 4 heteroatoms. The first-order valence-electron chi connectivity index (χ1n) is 5.12. The minimum absolute atomic E-state index is 0.532. The predicted octanol–water partition coefficient (Wildman–Crippen LogP) is 1.99. The second kappa shape index (κ2) is 4.72. The molecule has 1 heterocycles. The highest BCUT2D eigenvalue weighted by molar-refractivity contribution is 5.54. The molecule has 0 bridgehead atoms. The average Bonchev–Trinajstić information content (AvgIpc) is 2.32. The fourth-order valence-electron chi connectivity index (χ4n) is 1.36. The third kappa shape index (κ3) is 2.55. The van der Waals surface area contributed by atoms with Crippen LogP contribution in [0, 0.1) is 6.92 Å². The maximum Gasteiger partial charge on any atom is 0.227 e. The van der Waals surface area contributed by atoms with Crippen LogP contribution in [0.25, 0.3) is 0 Å². The Morgan fingerprint density at radius 3 is 2.69 bits per heavy atom. The van der Waals surface area contributed by atoms with E-state index in [1.54, 1.807) is 12.4 Å². The van der Waals surface area contributed by atoms with Crippen molar-refractivity contribution in [2.75, 3.05) is 5.32 Å². The lowest BCUT2D eigenvalue weighted by atomic mass is 10.2. The molecule has 0 atom stereocenters. The molecule has 0 amide bonds. The van der Waals surface area contributed by atoms with E-state index in [1.807, 2.05) is 31.2 Å². The van der Waals surface area contributed by atoms with Crippen molar-refractivity contribution >= 4 is 11.6 Å². The molecule has 82 valence electrons. The van der Waals surface area contributed by atoms with Crippen LogP contribution >= 0.6 is 0 Å². The molecule has 0 unspecified atom stereocenters. The van der Waals surface area contributed by atoms with Crippen LogP contribution in [-0.2, 0) is 6.54 Å². The molecule has 0 spiro atoms. The summed E-state index contributed by atoms with van der Waals surface area (Å²) in [5, 5.41) is 3.13. The van der Waals surface area contributed by atoms with Gasteiger partial charge in [-0.05, 0) is 30.2 Å². The van der Waals surface area contributed by atoms with Gasteiger partial charge in [-0.1, -0.05) is 12.1 Å². The molecule has 3 N–H and O–H groups in total. The molecule has 2 rings (SSSR count). The first kappa shape index (κ1) is 10.6. The zero-order valence-corrected chi connectivity index (χ0v) is 9.14. The van der Waals surface area contributed by atoms with E-state index < -0.39 is 0 Å². The van der Waals surface area contributed by atoms with Gasteiger partial charge < -0.3 is 11.1 Å². The molecule has 2 aromatic rings. The summed E-state index contributed by atoms with van der Waals surface area (Å²) >= 11 is 0. The molecule has 1 aromatic carbocycles. The van der Waals surface area contributed by atoms with E-state index in [-0.39, 0.29) is 0 Å². The van der Waals surface area contributed by atoms with Gasteiger partial charge in [-0.15, -0.1) is 0 Å². The van der Waals surface area contributed by atoms with Crippen molar-refractivity contribution in [2.24, 2.45) is 5.73 Å². The summed E-state index contributed by atoms with van der Waals surface area (Å²) in [6.07, 6.45) is 3.56. The summed E-state index contributed by atoms with van der Waals surface area (Å²) in [4.78, 5) is 8.35. The summed E-state index contributed by atoms with van der Waals surface area (Å²) in [5.74, 6) is 0.597. The van der Waals surface area contributed by atoms with Crippen molar-refractivity contribution in [3.63, 3.8) is 0 Å². The molecule has 1 aromatic heterocycles. The Hall–Kier alpha value is -1.94. The molecule has 0 saturated heterocycles. The fourth-order valence-corrected chi connectivity index (χ4v) is 1.36. The van der Waals surface area contributed by atoms with Crippen LogP contribution in [0.15, 0.2) is 36.7 Å². The lowest BCUT2D eigenvalue weighted by molar-refractivity contribution is 1.07. The zero-order valence-electron chi connectivity index (χ0n) is 9.14. The van der Waals surface area contributed by atoms with Crippen LogP contribution in [0.5, 0.6) is 0 Å². The molecule has 0 aliphatic carbocycles. The summed E-state index contributed by atoms with van der Waals surface area (Å²) < 4.78 is 0. The molecular weight excluding hydrogens is 200 g/mol. The normalized spacial score (nSPS) is 10.1. The van der Waals surface area contributed by atoms with Gasteiger partial charge in [-0.25, -0.2) is 9.97 Å². The van der Waals surface area contributed by atoms with Crippen LogP contribution in [-0.4, -0.2) is 9.97 Å². The number of nitrogens with two attached hydrogens (primary N) is 1. The highest BCUT2D eigenvalue weighted by Crippen LogP contribution is 2.14. The van der Waals surface area contributed by atoms with Gasteiger partial charge in [0.2, 0.25) is 5.95 Å². The second-order valence-corrected chi connectivity index (χ2v) is 3.61. The number of hydrogen-bond acceptors (Lipinski definition) is 4. The van der Waals surface area contributed by atoms with Crippen molar-refractivity contribution in [3.05, 3.63) is 47.8 Å². The largest absolute Gasteiger partial charge is 0.326 e. The standard InChI is InChI=1S/C12H14N4/c1-9-7-14-12(15-8-9)16-11-4-2-3-10(5-11)6-13/h2-5,7-8H,6,13H2,1H3,(H,14,15,16). The minimum atomic E-state index is 0.532. The van der Waals surface area contributed by atoms with Crippen molar-refractivity contribution in [1.82, 2.24) is 9.97 Å². The molecule has 0 radical (unpaired) electrons. The number of rotatable bonds is 3. The monoisotopic (exact) mass is 214 g/mol. The molecule has 16 heavy (non-hydrogen) atoms. The van der Waals surface area contributed by atoms with Crippen molar-refractivity contribution in [3.8, 4) is 0 Å². The van der Waals surface area contributed by atoms with E-state index in [1.165, 1.54) is 0 Å². The Balaban J connectivity index is 2.16. The number of aryl methyl sites for hydroxylation is 1. The van der Waals surface area contributed by atoms with E-state index >= 15 is 0 Å². The van der Waals surface area contributed by atoms with Gasteiger partial charge in [0.15, 0.2) is 0 Å². The number of nitrogens with one attached hydrogen (secondary N) is 1. The van der Waals surface area contributed by atoms with Crippen molar-refractivity contribution < 1.29 is 0 Å². The molecule has 0 saturated carbocycles. The van der Waals surface area contributed by atoms with E-state index in [4.69, 9.17) is 5.73 Å². The topological polar surface area (TPSA) is 63.8 Å². The maximum absolute atomic E-state index is 5.57. The third-order valence-electron chi connectivity index (χ3n) is 2.20. The average molecular weight is 214 g/mol. The number of nitrogens with zero attached hydrogens (tertiary/aromatic N) is 2. The van der Waals surface area contributed by atoms with Crippen LogP contribution in [0.2, 0.25) is 0 Å². The van der Waals surface area contributed by atoms with E-state index in [2.05, 4.69) is 15.3 Å². The lowest BCUT2D eigenvalue weighted by Gasteiger charge is -2.05. The van der Waals surface area contributed by atoms with E-state index in [9.17, 15) is 0 Å². The van der Waals surface area contributed by atoms with Crippen LogP contribution in [0.3, 0.4) is 0 Å². The van der Waals surface area contributed by atoms with Crippen LogP contribution in [0.4, 0.5) is 11.6 Å². The van der Waals surface area contributed by atoms with Gasteiger partial charge in [-0.3, -0.25) is 0 Å². The Morgan fingerprint density at radius 1 is 1.25 bits per heavy atom. The van der Waals surface area contributed by atoms with E-state index in [0.717, 1.165) is 16.8 Å². The second-order valence-electron chi connectivity index (χ2n) is 3.61. The summed E-state index contributed by atoms with van der Waals surface area (Å²) in [7, 11) is 0. The molecule has 0 aliphatic heterocycles. The minimum Gasteiger partial charge on any atom is -0.326 e. The fraction of sp³-hybridized carbons (Fsp3) is 0.167. The zero-order chi connectivity index (χ0) is 11.4. The first-order chi connectivity index (χ1) is 7.78. The molecule has 0 aliphatic rings. The summed E-state index contributed by atoms with van der Waals surface area (Å²) in [6.45, 7) is 2.49. The van der Waals surface area contributed by atoms with Gasteiger partial charge in [0.1, 0.15) is 0 Å². The number of anilines is 2. The Bertz CT molecular complexity index is 465. The van der Waals surface area contributed by atoms with Gasteiger partial charge in [-0.2, -0.15) is 0 Å². The Morgan fingerprint density at radius 2 is 2.00 bits per heavy atom. The van der Waals surface area contributed by atoms with Crippen molar-refractivity contribution in [1.29, 1.82) is 0 Å². The van der Waals surface area contributed by atoms with Gasteiger partial charge >= 0.3 is 0 Å². The highest BCUT2D eigenvalue weighted by atomic mass is 15.1. The SMILES string of the molecule is Cc1cnc(Nc2cccc(CN)c2)nc1. The maximum atomic E-state index is 5.57. The molecule has 0 fully saturated rings. The summed E-state index contributed by atoms with van der Waals surface area (Å²) in [5.41, 5.74) is 8.65. The van der Waals surface area contributed by atoms with Crippen LogP contribution < -0.4 is 11.1 Å². The van der Waals surface area contributed by atoms with E-state index in [0.29, 0.717) is 12.5 Å². The predicted molar refractivity (Wildman–Crippen MR) is 64.4 cm³/mol. The van der Waals surface area contributed by atoms with Crippen molar-refractivity contribution in [2.45, 2.75) is 13.5 Å². The summed E-state index contributed by atoms with van der Waals surface area (Å²) in [6, 6.07) is 7.89.